The zero-order valence-electron chi connectivity index (χ0n) is 19.1. The maximum atomic E-state index is 14.6. The molecule has 0 saturated carbocycles. The lowest BCUT2D eigenvalue weighted by molar-refractivity contribution is 0.0692. The minimum absolute atomic E-state index is 0.109. The quantitative estimate of drug-likeness (QED) is 0.480. The standard InChI is InChI=1S/C24H26FN7O2/c1-15(2)34-24(33)31-7-5-16(6-8-31)17-3-4-19(26-12-17)9-18-13-27-23-21(18)10-20(11-22(23)25)32-14-28-29-30-32/h3-4,10-16,27H,5-9H2,1-2H3. The molecular formula is C24H26FN7O2. The number of hydrogen-bond acceptors (Lipinski definition) is 6. The van der Waals surface area contributed by atoms with Gasteiger partial charge in [-0.2, -0.15) is 0 Å². The Balaban J connectivity index is 1.27. The number of rotatable bonds is 5. The molecule has 176 valence electrons. The monoisotopic (exact) mass is 463 g/mol. The fourth-order valence-corrected chi connectivity index (χ4v) is 4.44. The first-order chi connectivity index (χ1) is 16.5. The van der Waals surface area contributed by atoms with Gasteiger partial charge in [-0.05, 0) is 66.3 Å². The predicted molar refractivity (Wildman–Crippen MR) is 123 cm³/mol. The first kappa shape index (κ1) is 22.0. The summed E-state index contributed by atoms with van der Waals surface area (Å²) < 4.78 is 21.4. The fraction of sp³-hybridized carbons (Fsp3) is 0.375. The maximum absolute atomic E-state index is 14.6. The zero-order chi connectivity index (χ0) is 23.7. The van der Waals surface area contributed by atoms with Crippen LogP contribution in [0.2, 0.25) is 0 Å². The molecule has 1 N–H and O–H groups in total. The first-order valence-corrected chi connectivity index (χ1v) is 11.4. The number of hydrogen-bond donors (Lipinski definition) is 1. The van der Waals surface area contributed by atoms with Crippen molar-refractivity contribution in [2.45, 2.75) is 45.1 Å². The number of aromatic nitrogens is 6. The van der Waals surface area contributed by atoms with Gasteiger partial charge in [0.25, 0.3) is 0 Å². The number of nitrogens with zero attached hydrogens (tertiary/aromatic N) is 6. The van der Waals surface area contributed by atoms with Crippen LogP contribution in [0.15, 0.2) is 43.0 Å². The summed E-state index contributed by atoms with van der Waals surface area (Å²) >= 11 is 0. The van der Waals surface area contributed by atoms with Gasteiger partial charge < -0.3 is 14.6 Å². The van der Waals surface area contributed by atoms with E-state index in [9.17, 15) is 9.18 Å². The summed E-state index contributed by atoms with van der Waals surface area (Å²) in [7, 11) is 0. The number of pyridine rings is 1. The number of ether oxygens (including phenoxy) is 1. The van der Waals surface area contributed by atoms with Crippen LogP contribution >= 0.6 is 0 Å². The Kier molecular flexibility index (Phi) is 5.95. The van der Waals surface area contributed by atoms with Crippen LogP contribution in [0, 0.1) is 5.82 Å². The Morgan fingerprint density at radius 3 is 2.76 bits per heavy atom. The van der Waals surface area contributed by atoms with Crippen LogP contribution in [-0.2, 0) is 11.2 Å². The van der Waals surface area contributed by atoms with E-state index in [-0.39, 0.29) is 18.0 Å². The normalized spacial score (nSPS) is 14.8. The summed E-state index contributed by atoms with van der Waals surface area (Å²) in [5, 5.41) is 11.9. The average Bonchev–Trinajstić information content (AvgIpc) is 3.50. The van der Waals surface area contributed by atoms with E-state index in [1.54, 1.807) is 4.90 Å². The van der Waals surface area contributed by atoms with Gasteiger partial charge in [0.1, 0.15) is 12.1 Å². The number of likely N-dealkylation sites (tertiary alicyclic amines) is 1. The van der Waals surface area contributed by atoms with E-state index in [4.69, 9.17) is 4.74 Å². The lowest BCUT2D eigenvalue weighted by Gasteiger charge is -2.31. The van der Waals surface area contributed by atoms with Gasteiger partial charge >= 0.3 is 6.09 Å². The number of piperidine rings is 1. The lowest BCUT2D eigenvalue weighted by atomic mass is 9.90. The minimum atomic E-state index is -0.360. The second kappa shape index (κ2) is 9.20. The summed E-state index contributed by atoms with van der Waals surface area (Å²) in [6.07, 6.45) is 7.17. The van der Waals surface area contributed by atoms with E-state index in [2.05, 4.69) is 31.6 Å². The number of tetrazole rings is 1. The van der Waals surface area contributed by atoms with Crippen molar-refractivity contribution in [1.29, 1.82) is 0 Å². The van der Waals surface area contributed by atoms with Crippen LogP contribution in [0.25, 0.3) is 16.6 Å². The SMILES string of the molecule is CC(C)OC(=O)N1CCC(c2ccc(Cc3c[nH]c4c(F)cc(-n5cnnn5)cc34)nc2)CC1. The van der Waals surface area contributed by atoms with Crippen molar-refractivity contribution in [3.63, 3.8) is 0 Å². The molecule has 34 heavy (non-hydrogen) atoms. The second-order valence-corrected chi connectivity index (χ2v) is 8.87. The van der Waals surface area contributed by atoms with Crippen molar-refractivity contribution in [2.24, 2.45) is 0 Å². The molecule has 1 aliphatic rings. The molecule has 0 spiro atoms. The van der Waals surface area contributed by atoms with Crippen LogP contribution in [0.4, 0.5) is 9.18 Å². The van der Waals surface area contributed by atoms with Crippen LogP contribution in [0.1, 0.15) is 49.4 Å². The Morgan fingerprint density at radius 1 is 1.26 bits per heavy atom. The summed E-state index contributed by atoms with van der Waals surface area (Å²) in [6.45, 7) is 5.08. The molecule has 1 aliphatic heterocycles. The fourth-order valence-electron chi connectivity index (χ4n) is 4.44. The van der Waals surface area contributed by atoms with Crippen LogP contribution in [0.3, 0.4) is 0 Å². The van der Waals surface area contributed by atoms with Gasteiger partial charge in [0, 0.05) is 49.1 Å². The van der Waals surface area contributed by atoms with Gasteiger partial charge in [0.15, 0.2) is 0 Å². The molecule has 0 atom stereocenters. The van der Waals surface area contributed by atoms with Gasteiger partial charge in [0.05, 0.1) is 17.3 Å². The molecule has 1 saturated heterocycles. The highest BCUT2D eigenvalue weighted by Crippen LogP contribution is 2.29. The summed E-state index contributed by atoms with van der Waals surface area (Å²) in [5.74, 6) is 0.00635. The molecule has 10 heteroatoms. The molecule has 9 nitrogen and oxygen atoms in total. The maximum Gasteiger partial charge on any atom is 0.410 e. The average molecular weight is 464 g/mol. The third-order valence-corrected chi connectivity index (χ3v) is 6.21. The molecule has 5 rings (SSSR count). The van der Waals surface area contributed by atoms with Gasteiger partial charge in [0.2, 0.25) is 0 Å². The molecule has 3 aromatic heterocycles. The molecule has 0 aliphatic carbocycles. The predicted octanol–water partition coefficient (Wildman–Crippen LogP) is 3.99. The molecule has 1 aromatic carbocycles. The summed E-state index contributed by atoms with van der Waals surface area (Å²) in [5.41, 5.74) is 4.03. The van der Waals surface area contributed by atoms with Crippen molar-refractivity contribution in [1.82, 2.24) is 35.1 Å². The second-order valence-electron chi connectivity index (χ2n) is 8.87. The van der Waals surface area contributed by atoms with Crippen molar-refractivity contribution < 1.29 is 13.9 Å². The number of amides is 1. The van der Waals surface area contributed by atoms with E-state index in [0.29, 0.717) is 36.6 Å². The number of halogens is 1. The highest BCUT2D eigenvalue weighted by Gasteiger charge is 2.25. The van der Waals surface area contributed by atoms with Crippen molar-refractivity contribution in [2.75, 3.05) is 13.1 Å². The number of carbonyl (C=O) groups is 1. The number of nitrogens with one attached hydrogen (secondary N) is 1. The summed E-state index contributed by atoms with van der Waals surface area (Å²) in [4.78, 5) is 21.6. The smallest absolute Gasteiger partial charge is 0.410 e. The molecule has 1 amide bonds. The number of carbonyl (C=O) groups excluding carboxylic acids is 1. The number of H-pyrrole nitrogens is 1. The molecule has 0 radical (unpaired) electrons. The van der Waals surface area contributed by atoms with Gasteiger partial charge in [-0.1, -0.05) is 6.07 Å². The molecule has 4 aromatic rings. The molecule has 1 fully saturated rings. The van der Waals surface area contributed by atoms with Crippen LogP contribution in [0.5, 0.6) is 0 Å². The molecule has 0 unspecified atom stereocenters. The Morgan fingerprint density at radius 2 is 2.09 bits per heavy atom. The molecular weight excluding hydrogens is 437 g/mol. The van der Waals surface area contributed by atoms with E-state index in [0.717, 1.165) is 29.5 Å². The van der Waals surface area contributed by atoms with Crippen molar-refractivity contribution in [3.8, 4) is 5.69 Å². The van der Waals surface area contributed by atoms with Crippen LogP contribution < -0.4 is 0 Å². The zero-order valence-corrected chi connectivity index (χ0v) is 19.1. The third kappa shape index (κ3) is 4.48. The Bertz CT molecular complexity index is 1280. The third-order valence-electron chi connectivity index (χ3n) is 6.21. The van der Waals surface area contributed by atoms with Gasteiger partial charge in [-0.25, -0.2) is 13.9 Å². The van der Waals surface area contributed by atoms with E-state index in [1.165, 1.54) is 22.6 Å². The first-order valence-electron chi connectivity index (χ1n) is 11.4. The topological polar surface area (TPSA) is 102 Å². The summed E-state index contributed by atoms with van der Waals surface area (Å²) in [6, 6.07) is 7.40. The minimum Gasteiger partial charge on any atom is -0.447 e. The highest BCUT2D eigenvalue weighted by molar-refractivity contribution is 5.86. The van der Waals surface area contributed by atoms with Gasteiger partial charge in [-0.15, -0.1) is 5.10 Å². The molecule has 4 heterocycles. The number of benzene rings is 1. The van der Waals surface area contributed by atoms with E-state index >= 15 is 0 Å². The van der Waals surface area contributed by atoms with Gasteiger partial charge in [-0.3, -0.25) is 4.98 Å². The highest BCUT2D eigenvalue weighted by atomic mass is 19.1. The number of aromatic amines is 1. The molecule has 0 bridgehead atoms. The van der Waals surface area contributed by atoms with Crippen molar-refractivity contribution in [3.05, 3.63) is 65.6 Å². The van der Waals surface area contributed by atoms with E-state index < -0.39 is 0 Å². The van der Waals surface area contributed by atoms with Crippen molar-refractivity contribution >= 4 is 17.0 Å². The largest absolute Gasteiger partial charge is 0.447 e. The lowest BCUT2D eigenvalue weighted by Crippen LogP contribution is -2.39. The Labute approximate surface area is 195 Å². The van der Waals surface area contributed by atoms with Crippen LogP contribution in [-0.4, -0.2) is 60.4 Å². The number of fused-ring (bicyclic) bond motifs is 1. The Hall–Kier alpha value is -3.82. The van der Waals surface area contributed by atoms with E-state index in [1.807, 2.05) is 38.4 Å².